The Kier molecular flexibility index (Phi) is 9.77. The molecule has 6 aliphatic rings. The fraction of sp³-hybridized carbons (Fsp3) is 0.649. The molecule has 2 aliphatic carbocycles. The molecule has 4 aliphatic heterocycles. The molecule has 2 aromatic rings. The van der Waals surface area contributed by atoms with Gasteiger partial charge >= 0.3 is 5.37 Å². The van der Waals surface area contributed by atoms with Gasteiger partial charge in [0.05, 0.1) is 0 Å². The summed E-state index contributed by atoms with van der Waals surface area (Å²) in [5, 5.41) is 5.11. The van der Waals surface area contributed by atoms with Crippen LogP contribution in [0.2, 0.25) is 10.0 Å². The van der Waals surface area contributed by atoms with Crippen molar-refractivity contribution in [3.8, 4) is 0 Å². The van der Waals surface area contributed by atoms with Crippen LogP contribution >= 0.6 is 34.8 Å². The van der Waals surface area contributed by atoms with Gasteiger partial charge in [0.15, 0.2) is 0 Å². The van der Waals surface area contributed by atoms with Crippen LogP contribution in [0.25, 0.3) is 0 Å². The second-order valence-electron chi connectivity index (χ2n) is 14.7. The number of hydrogen-bond donors (Lipinski definition) is 1. The molecule has 0 atom stereocenters. The van der Waals surface area contributed by atoms with Gasteiger partial charge in [-0.05, 0) is 161 Å². The Balaban J connectivity index is 0.000000146. The molecular weight excluding hydrogens is 623 g/mol. The highest BCUT2D eigenvalue weighted by molar-refractivity contribution is 6.62. The molecule has 4 saturated heterocycles. The maximum absolute atomic E-state index is 11.4. The minimum absolute atomic E-state index is 0.252. The minimum atomic E-state index is -0.304. The van der Waals surface area contributed by atoms with Crippen molar-refractivity contribution in [2.24, 2.45) is 0 Å². The zero-order chi connectivity index (χ0) is 31.0. The maximum atomic E-state index is 11.4. The molecule has 244 valence electrons. The maximum Gasteiger partial charge on any atom is 0.316 e. The Hall–Kier alpha value is -1.34. The molecule has 1 N–H and O–H groups in total. The molecule has 1 amide bonds. The highest BCUT2D eigenvalue weighted by Crippen LogP contribution is 2.46. The molecule has 2 spiro atoms. The average Bonchev–Trinajstić information content (AvgIpc) is 3.98. The molecule has 4 heterocycles. The normalized spacial score (nSPS) is 24.6. The van der Waals surface area contributed by atoms with Crippen molar-refractivity contribution in [3.05, 3.63) is 68.7 Å². The van der Waals surface area contributed by atoms with Gasteiger partial charge in [-0.1, -0.05) is 47.5 Å². The molecule has 8 rings (SSSR count). The fourth-order valence-electron chi connectivity index (χ4n) is 8.84. The largest absolute Gasteiger partial charge is 0.329 e. The Morgan fingerprint density at radius 3 is 1.60 bits per heavy atom. The SMILES string of the molecule is Clc1ccc(CN2CCCC23CCNCC3)cc1C1CC1.O=C(Cl)N1CCC2(CCCN2Cc2ccc(Cl)c(C3CC3)c2)CC1. The van der Waals surface area contributed by atoms with Gasteiger partial charge < -0.3 is 10.2 Å². The number of nitrogens with zero attached hydrogens (tertiary/aromatic N) is 3. The molecule has 45 heavy (non-hydrogen) atoms. The van der Waals surface area contributed by atoms with E-state index in [0.29, 0.717) is 11.5 Å². The topological polar surface area (TPSA) is 38.8 Å². The van der Waals surface area contributed by atoms with Crippen molar-refractivity contribution >= 4 is 40.2 Å². The molecule has 2 aromatic carbocycles. The summed E-state index contributed by atoms with van der Waals surface area (Å²) in [4.78, 5) is 18.6. The van der Waals surface area contributed by atoms with Gasteiger partial charge in [0.1, 0.15) is 0 Å². The van der Waals surface area contributed by atoms with Crippen LogP contribution in [0.4, 0.5) is 4.79 Å². The monoisotopic (exact) mass is 670 g/mol. The lowest BCUT2D eigenvalue weighted by Crippen LogP contribution is -2.52. The number of benzene rings is 2. The smallest absolute Gasteiger partial charge is 0.316 e. The molecule has 0 aromatic heterocycles. The molecule has 0 radical (unpaired) electrons. The zero-order valence-corrected chi connectivity index (χ0v) is 28.9. The summed E-state index contributed by atoms with van der Waals surface area (Å²) in [7, 11) is 0. The van der Waals surface area contributed by atoms with Crippen LogP contribution in [0.1, 0.15) is 111 Å². The van der Waals surface area contributed by atoms with E-state index in [2.05, 4.69) is 51.5 Å². The Morgan fingerprint density at radius 1 is 0.689 bits per heavy atom. The fourth-order valence-corrected chi connectivity index (χ4v) is 9.56. The van der Waals surface area contributed by atoms with Crippen molar-refractivity contribution in [1.29, 1.82) is 0 Å². The standard InChI is InChI=1S/C19H24Cl2N2O.C18H25ClN2/c20-17-5-2-14(12-16(17)15-3-4-15)13-23-9-1-6-19(23)7-10-22(11-8-19)18(21)24;19-17-5-2-14(12-16(17)15-3-4-15)13-21-11-1-6-18(21)7-9-20-10-8-18/h2,5,12,15H,1,3-4,6-11,13H2;2,5,12,15,20H,1,3-4,6-11,13H2. The quantitative estimate of drug-likeness (QED) is 0.246. The number of carbonyl (C=O) groups excluding carboxylic acids is 1. The first-order valence-electron chi connectivity index (χ1n) is 17.6. The summed E-state index contributed by atoms with van der Waals surface area (Å²) in [6.07, 6.45) is 15.1. The van der Waals surface area contributed by atoms with E-state index in [-0.39, 0.29) is 10.9 Å². The van der Waals surface area contributed by atoms with Crippen molar-refractivity contribution < 1.29 is 4.79 Å². The Labute approximate surface area is 284 Å². The molecule has 6 fully saturated rings. The van der Waals surface area contributed by atoms with Crippen LogP contribution in [-0.2, 0) is 13.1 Å². The van der Waals surface area contributed by atoms with E-state index in [9.17, 15) is 4.79 Å². The number of piperidine rings is 2. The van der Waals surface area contributed by atoms with Crippen LogP contribution in [0.5, 0.6) is 0 Å². The first-order valence-corrected chi connectivity index (χ1v) is 18.7. The van der Waals surface area contributed by atoms with E-state index in [4.69, 9.17) is 34.8 Å². The third-order valence-corrected chi connectivity index (χ3v) is 12.8. The first kappa shape index (κ1) is 32.2. The molecule has 0 bridgehead atoms. The van der Waals surface area contributed by atoms with Crippen LogP contribution in [-0.4, -0.2) is 70.4 Å². The van der Waals surface area contributed by atoms with E-state index in [0.717, 1.165) is 61.5 Å². The van der Waals surface area contributed by atoms with Gasteiger partial charge in [0.25, 0.3) is 0 Å². The summed E-state index contributed by atoms with van der Waals surface area (Å²) < 4.78 is 0. The van der Waals surface area contributed by atoms with Gasteiger partial charge in [-0.3, -0.25) is 14.6 Å². The van der Waals surface area contributed by atoms with Crippen LogP contribution in [0.15, 0.2) is 36.4 Å². The van der Waals surface area contributed by atoms with Gasteiger partial charge in [0, 0.05) is 47.3 Å². The number of hydrogen-bond acceptors (Lipinski definition) is 4. The van der Waals surface area contributed by atoms with Crippen molar-refractivity contribution in [3.63, 3.8) is 0 Å². The highest BCUT2D eigenvalue weighted by atomic mass is 35.5. The number of likely N-dealkylation sites (tertiary alicyclic amines) is 3. The average molecular weight is 672 g/mol. The number of nitrogens with one attached hydrogen (secondary N) is 1. The third kappa shape index (κ3) is 7.25. The van der Waals surface area contributed by atoms with Crippen molar-refractivity contribution in [1.82, 2.24) is 20.0 Å². The van der Waals surface area contributed by atoms with Crippen LogP contribution in [0.3, 0.4) is 0 Å². The van der Waals surface area contributed by atoms with Gasteiger partial charge in [-0.15, -0.1) is 0 Å². The van der Waals surface area contributed by atoms with E-state index < -0.39 is 0 Å². The van der Waals surface area contributed by atoms with Crippen LogP contribution < -0.4 is 5.32 Å². The van der Waals surface area contributed by atoms with Crippen molar-refractivity contribution in [2.75, 3.05) is 39.3 Å². The number of rotatable bonds is 6. The van der Waals surface area contributed by atoms with E-state index in [1.54, 1.807) is 4.90 Å². The van der Waals surface area contributed by atoms with Gasteiger partial charge in [-0.25, -0.2) is 0 Å². The summed E-state index contributed by atoms with van der Waals surface area (Å²) in [5.74, 6) is 1.42. The summed E-state index contributed by atoms with van der Waals surface area (Å²) in [5.41, 5.74) is 6.30. The highest BCUT2D eigenvalue weighted by Gasteiger charge is 2.44. The zero-order valence-electron chi connectivity index (χ0n) is 26.6. The summed E-state index contributed by atoms with van der Waals surface area (Å²) >= 11 is 18.4. The predicted molar refractivity (Wildman–Crippen MR) is 186 cm³/mol. The Bertz CT molecular complexity index is 1360. The van der Waals surface area contributed by atoms with E-state index in [1.807, 2.05) is 0 Å². The lowest BCUT2D eigenvalue weighted by molar-refractivity contribution is 0.0627. The molecule has 8 heteroatoms. The lowest BCUT2D eigenvalue weighted by Gasteiger charge is -2.44. The molecule has 5 nitrogen and oxygen atoms in total. The molecule has 2 saturated carbocycles. The second-order valence-corrected chi connectivity index (χ2v) is 15.9. The van der Waals surface area contributed by atoms with E-state index >= 15 is 0 Å². The molecular formula is C37H49Cl3N4O. The summed E-state index contributed by atoms with van der Waals surface area (Å²) in [6, 6.07) is 13.3. The number of halogens is 3. The van der Waals surface area contributed by atoms with Gasteiger partial charge in [0.2, 0.25) is 0 Å². The summed E-state index contributed by atoms with van der Waals surface area (Å²) in [6.45, 7) is 8.45. The first-order chi connectivity index (χ1) is 21.8. The van der Waals surface area contributed by atoms with Crippen LogP contribution in [0, 0.1) is 0 Å². The van der Waals surface area contributed by atoms with Gasteiger partial charge in [-0.2, -0.15) is 0 Å². The Morgan fingerprint density at radius 2 is 1.16 bits per heavy atom. The van der Waals surface area contributed by atoms with E-state index in [1.165, 1.54) is 106 Å². The molecule has 0 unspecified atom stereocenters. The predicted octanol–water partition coefficient (Wildman–Crippen LogP) is 8.94. The third-order valence-electron chi connectivity index (χ3n) is 11.9. The second kappa shape index (κ2) is 13.6. The van der Waals surface area contributed by atoms with Crippen molar-refractivity contribution in [2.45, 2.75) is 113 Å². The number of carbonyl (C=O) groups is 1. The number of amides is 1. The minimum Gasteiger partial charge on any atom is -0.329 e. The lowest BCUT2D eigenvalue weighted by atomic mass is 9.85.